The average molecular weight is 915 g/mol. The SMILES string of the molecule is CCCCC/C=C\C/C=C\C/C=C\C/C=C\CCCC(=O)OC[C@H](COP(=O)(O)OC[C@@H](O)COP(=O)(O)O)OC(=O)CCC/C=C\C/C=C\C/C=C\CC1OC1CCCCC. The Morgan fingerprint density at radius 1 is 0.565 bits per heavy atom. The lowest BCUT2D eigenvalue weighted by molar-refractivity contribution is -0.161. The van der Waals surface area contributed by atoms with Crippen LogP contribution in [0.15, 0.2) is 85.1 Å². The van der Waals surface area contributed by atoms with Crippen molar-refractivity contribution in [2.75, 3.05) is 26.4 Å². The largest absolute Gasteiger partial charge is 0.472 e. The van der Waals surface area contributed by atoms with E-state index in [4.69, 9.17) is 28.5 Å². The van der Waals surface area contributed by atoms with Crippen molar-refractivity contribution in [3.63, 3.8) is 0 Å². The van der Waals surface area contributed by atoms with Crippen molar-refractivity contribution in [1.82, 2.24) is 0 Å². The molecule has 3 unspecified atom stereocenters. The Balaban J connectivity index is 2.44. The standard InChI is InChI=1S/C46H76O14P2/c1-3-5-7-8-9-10-11-12-13-14-15-16-17-21-24-27-31-35-45(48)55-39-42(40-58-62(53,54)57-38-41(47)37-56-61(50,51)52)59-46(49)36-32-28-25-22-19-18-20-23-26-30-34-44-43(60-44)33-29-6-4-2/h9-10,12-13,15-16,18,20-22,24-26,30,41-44,47H,3-8,11,14,17,19,23,27-29,31-40H2,1-2H3,(H,53,54)(H2,50,51,52)/b10-9-,13-12-,16-15-,20-18-,24-21-,25-22-,30-26-/t41-,42+,43?,44?/m0/s1. The molecule has 1 rings (SSSR count). The van der Waals surface area contributed by atoms with Crippen LogP contribution in [0.5, 0.6) is 0 Å². The molecule has 14 nitrogen and oxygen atoms in total. The number of carbonyl (C=O) groups is 2. The quantitative estimate of drug-likeness (QED) is 0.0148. The smallest absolute Gasteiger partial charge is 0.462 e. The molecule has 0 aromatic carbocycles. The molecule has 62 heavy (non-hydrogen) atoms. The monoisotopic (exact) mass is 914 g/mol. The number of allylic oxidation sites excluding steroid dienone is 13. The van der Waals surface area contributed by atoms with Crippen LogP contribution in [0.4, 0.5) is 0 Å². The molecule has 0 amide bonds. The van der Waals surface area contributed by atoms with Crippen molar-refractivity contribution in [2.45, 2.75) is 167 Å². The van der Waals surface area contributed by atoms with Crippen molar-refractivity contribution in [1.29, 1.82) is 0 Å². The Labute approximate surface area is 371 Å². The second-order valence-corrected chi connectivity index (χ2v) is 17.7. The highest BCUT2D eigenvalue weighted by Crippen LogP contribution is 2.44. The second-order valence-electron chi connectivity index (χ2n) is 15.0. The first-order chi connectivity index (χ1) is 29.8. The molecule has 1 heterocycles. The molecule has 0 aliphatic carbocycles. The first kappa shape index (κ1) is 57.3. The maximum atomic E-state index is 12.7. The lowest BCUT2D eigenvalue weighted by Gasteiger charge is -2.20. The van der Waals surface area contributed by atoms with Gasteiger partial charge in [-0.15, -0.1) is 0 Å². The molecular weight excluding hydrogens is 838 g/mol. The molecule has 354 valence electrons. The third kappa shape index (κ3) is 37.8. The fourth-order valence-corrected chi connectivity index (χ4v) is 6.82. The van der Waals surface area contributed by atoms with Crippen molar-refractivity contribution < 1.29 is 66.3 Å². The first-order valence-electron chi connectivity index (χ1n) is 22.4. The van der Waals surface area contributed by atoms with Gasteiger partial charge in [0.25, 0.3) is 0 Å². The van der Waals surface area contributed by atoms with Crippen LogP contribution in [0.2, 0.25) is 0 Å². The minimum Gasteiger partial charge on any atom is -0.462 e. The molecule has 0 aromatic rings. The third-order valence-corrected chi connectivity index (χ3v) is 10.6. The van der Waals surface area contributed by atoms with E-state index in [0.717, 1.165) is 51.4 Å². The summed E-state index contributed by atoms with van der Waals surface area (Å²) < 4.78 is 53.4. The molecule has 0 spiro atoms. The Morgan fingerprint density at radius 3 is 1.58 bits per heavy atom. The van der Waals surface area contributed by atoms with E-state index in [0.29, 0.717) is 37.9 Å². The summed E-state index contributed by atoms with van der Waals surface area (Å²) >= 11 is 0. The van der Waals surface area contributed by atoms with Crippen LogP contribution in [0.3, 0.4) is 0 Å². The summed E-state index contributed by atoms with van der Waals surface area (Å²) in [5, 5.41) is 9.75. The Kier molecular flexibility index (Phi) is 34.8. The summed E-state index contributed by atoms with van der Waals surface area (Å²) in [5.41, 5.74) is 0. The normalized spacial score (nSPS) is 18.0. The van der Waals surface area contributed by atoms with Gasteiger partial charge in [-0.05, 0) is 83.5 Å². The van der Waals surface area contributed by atoms with E-state index < -0.39 is 66.2 Å². The highest BCUT2D eigenvalue weighted by atomic mass is 31.2. The number of hydrogen-bond acceptors (Lipinski definition) is 11. The fourth-order valence-electron chi connectivity index (χ4n) is 5.66. The van der Waals surface area contributed by atoms with E-state index in [-0.39, 0.29) is 12.8 Å². The number of aliphatic hydroxyl groups excluding tert-OH is 1. The summed E-state index contributed by atoms with van der Waals surface area (Å²) in [6.07, 6.45) is 44.8. The van der Waals surface area contributed by atoms with Crippen LogP contribution in [-0.2, 0) is 46.5 Å². The maximum Gasteiger partial charge on any atom is 0.472 e. The van der Waals surface area contributed by atoms with E-state index in [1.807, 2.05) is 24.3 Å². The summed E-state index contributed by atoms with van der Waals surface area (Å²) in [7, 11) is -9.72. The van der Waals surface area contributed by atoms with Gasteiger partial charge in [0, 0.05) is 12.8 Å². The van der Waals surface area contributed by atoms with Gasteiger partial charge in [-0.2, -0.15) is 0 Å². The molecule has 0 radical (unpaired) electrons. The molecule has 0 bridgehead atoms. The Hall–Kier alpha value is -2.74. The fraction of sp³-hybridized carbons (Fsp3) is 0.652. The van der Waals surface area contributed by atoms with E-state index in [1.54, 1.807) is 0 Å². The first-order valence-corrected chi connectivity index (χ1v) is 25.4. The highest BCUT2D eigenvalue weighted by molar-refractivity contribution is 7.47. The van der Waals surface area contributed by atoms with Crippen LogP contribution in [0.1, 0.15) is 142 Å². The van der Waals surface area contributed by atoms with Crippen molar-refractivity contribution >= 4 is 27.6 Å². The van der Waals surface area contributed by atoms with Gasteiger partial charge in [-0.25, -0.2) is 9.13 Å². The molecule has 0 saturated carbocycles. The number of epoxide rings is 1. The van der Waals surface area contributed by atoms with E-state index in [9.17, 15) is 28.7 Å². The predicted octanol–water partition coefficient (Wildman–Crippen LogP) is 10.5. The van der Waals surface area contributed by atoms with Crippen molar-refractivity contribution in [2.24, 2.45) is 0 Å². The van der Waals surface area contributed by atoms with Crippen molar-refractivity contribution in [3.8, 4) is 0 Å². The number of ether oxygens (including phenoxy) is 3. The van der Waals surface area contributed by atoms with Crippen molar-refractivity contribution in [3.05, 3.63) is 85.1 Å². The Morgan fingerprint density at radius 2 is 1.03 bits per heavy atom. The number of hydrogen-bond donors (Lipinski definition) is 4. The molecule has 1 aliphatic rings. The summed E-state index contributed by atoms with van der Waals surface area (Å²) in [4.78, 5) is 52.7. The molecule has 0 aromatic heterocycles. The summed E-state index contributed by atoms with van der Waals surface area (Å²) in [6, 6.07) is 0. The van der Waals surface area contributed by atoms with Crippen LogP contribution >= 0.6 is 15.6 Å². The zero-order valence-corrected chi connectivity index (χ0v) is 38.9. The van der Waals surface area contributed by atoms with Gasteiger partial charge in [0.15, 0.2) is 6.10 Å². The average Bonchev–Trinajstić information content (AvgIpc) is 3.99. The summed E-state index contributed by atoms with van der Waals surface area (Å²) in [5.74, 6) is -1.18. The number of rotatable bonds is 40. The van der Waals surface area contributed by atoms with Crippen LogP contribution in [0, 0.1) is 0 Å². The summed E-state index contributed by atoms with van der Waals surface area (Å²) in [6.45, 7) is 1.56. The molecule has 4 N–H and O–H groups in total. The number of phosphoric ester groups is 2. The van der Waals surface area contributed by atoms with E-state index in [1.165, 1.54) is 38.5 Å². The molecule has 1 fully saturated rings. The Bertz CT molecular complexity index is 1480. The third-order valence-electron chi connectivity index (χ3n) is 9.17. The highest BCUT2D eigenvalue weighted by Gasteiger charge is 2.36. The number of phosphoric acid groups is 2. The van der Waals surface area contributed by atoms with Gasteiger partial charge in [0.1, 0.15) is 12.7 Å². The van der Waals surface area contributed by atoms with Crippen LogP contribution in [-0.4, -0.2) is 82.6 Å². The molecule has 16 heteroatoms. The minimum absolute atomic E-state index is 0.0354. The second kappa shape index (κ2) is 37.6. The topological polar surface area (TPSA) is 208 Å². The van der Waals surface area contributed by atoms with Gasteiger partial charge in [0.05, 0.1) is 32.0 Å². The number of aliphatic hydroxyl groups is 1. The van der Waals surface area contributed by atoms with Gasteiger partial charge >= 0.3 is 27.6 Å². The van der Waals surface area contributed by atoms with E-state index >= 15 is 0 Å². The van der Waals surface area contributed by atoms with Gasteiger partial charge < -0.3 is 34.0 Å². The minimum atomic E-state index is -4.88. The molecule has 1 saturated heterocycles. The number of esters is 2. The number of carbonyl (C=O) groups excluding carboxylic acids is 2. The molecular formula is C46H76O14P2. The molecule has 1 aliphatic heterocycles. The lowest BCUT2D eigenvalue weighted by Crippen LogP contribution is -2.29. The maximum absolute atomic E-state index is 12.7. The number of unbranched alkanes of at least 4 members (excludes halogenated alkanes) is 7. The van der Waals surface area contributed by atoms with Crippen LogP contribution in [0.25, 0.3) is 0 Å². The predicted molar refractivity (Wildman–Crippen MR) is 243 cm³/mol. The van der Waals surface area contributed by atoms with Gasteiger partial charge in [-0.1, -0.05) is 131 Å². The zero-order valence-electron chi connectivity index (χ0n) is 37.1. The lowest BCUT2D eigenvalue weighted by atomic mass is 10.1. The van der Waals surface area contributed by atoms with Gasteiger partial charge in [0.2, 0.25) is 0 Å². The van der Waals surface area contributed by atoms with E-state index in [2.05, 4.69) is 83.7 Å². The molecule has 5 atom stereocenters. The van der Waals surface area contributed by atoms with Gasteiger partial charge in [-0.3, -0.25) is 23.2 Å². The zero-order chi connectivity index (χ0) is 45.6. The van der Waals surface area contributed by atoms with Crippen LogP contribution < -0.4 is 0 Å².